The van der Waals surface area contributed by atoms with Crippen LogP contribution in [0.15, 0.2) is 6.07 Å². The maximum Gasteiger partial charge on any atom is 0.349 e. The van der Waals surface area contributed by atoms with Crippen LogP contribution in [0.5, 0.6) is 0 Å². The number of rotatable bonds is 4. The molecule has 5 heteroatoms. The minimum absolute atomic E-state index is 0.487. The van der Waals surface area contributed by atoms with Crippen molar-refractivity contribution in [2.24, 2.45) is 5.73 Å². The minimum atomic E-state index is -0.889. The molecule has 0 saturated heterocycles. The molecule has 1 aromatic heterocycles. The number of carbonyl (C=O) groups is 2. The van der Waals surface area contributed by atoms with E-state index in [0.717, 1.165) is 16.9 Å². The molecular weight excluding hydrogens is 226 g/mol. The van der Waals surface area contributed by atoms with Gasteiger partial charge in [0.1, 0.15) is 4.88 Å². The Balaban J connectivity index is 2.77. The average Bonchev–Trinajstić information content (AvgIpc) is 2.59. The van der Waals surface area contributed by atoms with Gasteiger partial charge in [-0.15, -0.1) is 11.3 Å². The first-order chi connectivity index (χ1) is 7.45. The lowest BCUT2D eigenvalue weighted by Gasteiger charge is -2.07. The van der Waals surface area contributed by atoms with Crippen LogP contribution in [-0.4, -0.2) is 18.0 Å². The normalized spacial score (nSPS) is 12.2. The first kappa shape index (κ1) is 12.7. The van der Waals surface area contributed by atoms with E-state index in [0.29, 0.717) is 4.88 Å². The van der Waals surface area contributed by atoms with E-state index < -0.39 is 18.0 Å². The fraction of sp³-hybridized carbons (Fsp3) is 0.455. The summed E-state index contributed by atoms with van der Waals surface area (Å²) in [6.45, 7) is 5.44. The molecule has 16 heavy (non-hydrogen) atoms. The van der Waals surface area contributed by atoms with Crippen LogP contribution < -0.4 is 5.73 Å². The second-order valence-corrected chi connectivity index (χ2v) is 4.66. The zero-order chi connectivity index (χ0) is 12.3. The number of primary amides is 1. The van der Waals surface area contributed by atoms with Gasteiger partial charge in [0.15, 0.2) is 6.10 Å². The lowest BCUT2D eigenvalue weighted by atomic mass is 10.2. The minimum Gasteiger partial charge on any atom is -0.448 e. The van der Waals surface area contributed by atoms with Crippen LogP contribution in [0.3, 0.4) is 0 Å². The highest BCUT2D eigenvalue weighted by Crippen LogP contribution is 2.23. The Morgan fingerprint density at radius 2 is 2.19 bits per heavy atom. The molecule has 0 bridgehead atoms. The molecule has 4 nitrogen and oxygen atoms in total. The summed E-state index contributed by atoms with van der Waals surface area (Å²) in [5.41, 5.74) is 6.09. The van der Waals surface area contributed by atoms with E-state index in [1.807, 2.05) is 13.8 Å². The lowest BCUT2D eigenvalue weighted by Crippen LogP contribution is -2.30. The van der Waals surface area contributed by atoms with E-state index in [2.05, 4.69) is 0 Å². The number of nitrogens with two attached hydrogens (primary N) is 1. The molecule has 1 unspecified atom stereocenters. The summed E-state index contributed by atoms with van der Waals surface area (Å²) >= 11 is 1.39. The molecule has 0 aromatic carbocycles. The van der Waals surface area contributed by atoms with E-state index in [1.54, 1.807) is 6.07 Å². The molecule has 1 rings (SSSR count). The largest absolute Gasteiger partial charge is 0.448 e. The van der Waals surface area contributed by atoms with Crippen LogP contribution in [0.25, 0.3) is 0 Å². The van der Waals surface area contributed by atoms with Crippen molar-refractivity contribution in [2.45, 2.75) is 33.3 Å². The number of amides is 1. The van der Waals surface area contributed by atoms with Crippen molar-refractivity contribution < 1.29 is 14.3 Å². The molecule has 0 aliphatic carbocycles. The molecule has 0 aliphatic rings. The van der Waals surface area contributed by atoms with E-state index in [4.69, 9.17) is 10.5 Å². The third-order valence-electron chi connectivity index (χ3n) is 2.23. The molecule has 0 fully saturated rings. The quantitative estimate of drug-likeness (QED) is 0.815. The van der Waals surface area contributed by atoms with E-state index in [9.17, 15) is 9.59 Å². The number of hydrogen-bond donors (Lipinski definition) is 1. The summed E-state index contributed by atoms with van der Waals surface area (Å²) in [7, 11) is 0. The van der Waals surface area contributed by atoms with Crippen molar-refractivity contribution in [2.75, 3.05) is 0 Å². The number of carbonyl (C=O) groups excluding carboxylic acids is 2. The van der Waals surface area contributed by atoms with Gasteiger partial charge in [0, 0.05) is 4.88 Å². The topological polar surface area (TPSA) is 69.4 Å². The number of aryl methyl sites for hydroxylation is 2. The summed E-state index contributed by atoms with van der Waals surface area (Å²) in [5, 5.41) is 0. The Hall–Kier alpha value is -1.36. The maximum atomic E-state index is 11.6. The van der Waals surface area contributed by atoms with Gasteiger partial charge in [-0.25, -0.2) is 4.79 Å². The average molecular weight is 241 g/mol. The number of thiophene rings is 1. The van der Waals surface area contributed by atoms with Gasteiger partial charge in [-0.2, -0.15) is 0 Å². The standard InChI is InChI=1S/C11H15NO3S/c1-4-8-6(2)5-9(16-8)11(14)15-7(3)10(12)13/h5,7H,4H2,1-3H3,(H2,12,13). The molecule has 1 aromatic rings. The first-order valence-electron chi connectivity index (χ1n) is 5.05. The predicted octanol–water partition coefficient (Wildman–Crippen LogP) is 1.65. The second-order valence-electron chi connectivity index (χ2n) is 3.52. The summed E-state index contributed by atoms with van der Waals surface area (Å²) in [5.74, 6) is -1.13. The Kier molecular flexibility index (Phi) is 4.06. The highest BCUT2D eigenvalue weighted by atomic mass is 32.1. The van der Waals surface area contributed by atoms with Crippen LogP contribution in [0.4, 0.5) is 0 Å². The van der Waals surface area contributed by atoms with Crippen molar-refractivity contribution in [3.8, 4) is 0 Å². The predicted molar refractivity (Wildman–Crippen MR) is 62.5 cm³/mol. The Bertz CT molecular complexity index is 411. The van der Waals surface area contributed by atoms with Gasteiger partial charge < -0.3 is 10.5 Å². The van der Waals surface area contributed by atoms with Crippen LogP contribution in [-0.2, 0) is 16.0 Å². The summed E-state index contributed by atoms with van der Waals surface area (Å²) in [6, 6.07) is 1.78. The van der Waals surface area contributed by atoms with Crippen molar-refractivity contribution in [1.82, 2.24) is 0 Å². The second kappa shape index (κ2) is 5.12. The highest BCUT2D eigenvalue weighted by Gasteiger charge is 2.18. The third kappa shape index (κ3) is 2.82. The number of hydrogen-bond acceptors (Lipinski definition) is 4. The number of esters is 1. The van der Waals surface area contributed by atoms with Crippen LogP contribution in [0.1, 0.15) is 34.0 Å². The van der Waals surface area contributed by atoms with Crippen molar-refractivity contribution in [3.05, 3.63) is 21.4 Å². The third-order valence-corrected chi connectivity index (χ3v) is 3.59. The zero-order valence-electron chi connectivity index (χ0n) is 9.57. The van der Waals surface area contributed by atoms with Gasteiger partial charge in [0.05, 0.1) is 0 Å². The Labute approximate surface area is 98.4 Å². The molecule has 0 spiro atoms. The molecule has 2 N–H and O–H groups in total. The fourth-order valence-electron chi connectivity index (χ4n) is 1.25. The first-order valence-corrected chi connectivity index (χ1v) is 5.87. The molecule has 0 saturated carbocycles. The monoisotopic (exact) mass is 241 g/mol. The van der Waals surface area contributed by atoms with Crippen molar-refractivity contribution in [3.63, 3.8) is 0 Å². The fourth-order valence-corrected chi connectivity index (χ4v) is 2.24. The summed E-state index contributed by atoms with van der Waals surface area (Å²) in [4.78, 5) is 24.0. The van der Waals surface area contributed by atoms with Gasteiger partial charge in [0.2, 0.25) is 0 Å². The number of ether oxygens (including phenoxy) is 1. The van der Waals surface area contributed by atoms with E-state index in [1.165, 1.54) is 18.3 Å². The van der Waals surface area contributed by atoms with Gasteiger partial charge in [-0.05, 0) is 31.9 Å². The van der Waals surface area contributed by atoms with E-state index in [-0.39, 0.29) is 0 Å². The molecule has 88 valence electrons. The van der Waals surface area contributed by atoms with Gasteiger partial charge in [-0.3, -0.25) is 4.79 Å². The van der Waals surface area contributed by atoms with Gasteiger partial charge in [-0.1, -0.05) is 6.92 Å². The SMILES string of the molecule is CCc1sc(C(=O)OC(C)C(N)=O)cc1C. The maximum absolute atomic E-state index is 11.6. The lowest BCUT2D eigenvalue weighted by molar-refractivity contribution is -0.125. The molecule has 0 radical (unpaired) electrons. The molecule has 1 amide bonds. The van der Waals surface area contributed by atoms with Crippen molar-refractivity contribution in [1.29, 1.82) is 0 Å². The molecule has 0 aliphatic heterocycles. The summed E-state index contributed by atoms with van der Waals surface area (Å²) in [6.07, 6.45) is -0.00482. The Morgan fingerprint density at radius 3 is 2.62 bits per heavy atom. The summed E-state index contributed by atoms with van der Waals surface area (Å²) < 4.78 is 4.91. The zero-order valence-corrected chi connectivity index (χ0v) is 10.4. The smallest absolute Gasteiger partial charge is 0.349 e. The Morgan fingerprint density at radius 1 is 1.56 bits per heavy atom. The van der Waals surface area contributed by atoms with Crippen LogP contribution in [0, 0.1) is 6.92 Å². The van der Waals surface area contributed by atoms with Crippen LogP contribution in [0.2, 0.25) is 0 Å². The molecular formula is C11H15NO3S. The molecule has 1 atom stereocenters. The molecule has 1 heterocycles. The van der Waals surface area contributed by atoms with Crippen LogP contribution >= 0.6 is 11.3 Å². The highest BCUT2D eigenvalue weighted by molar-refractivity contribution is 7.14. The van der Waals surface area contributed by atoms with E-state index >= 15 is 0 Å². The van der Waals surface area contributed by atoms with Crippen molar-refractivity contribution >= 4 is 23.2 Å². The van der Waals surface area contributed by atoms with Gasteiger partial charge >= 0.3 is 5.97 Å². The van der Waals surface area contributed by atoms with Gasteiger partial charge in [0.25, 0.3) is 5.91 Å².